The summed E-state index contributed by atoms with van der Waals surface area (Å²) in [5, 5.41) is 0. The Bertz CT molecular complexity index is 275. The number of halogens is 1. The van der Waals surface area contributed by atoms with Crippen LogP contribution in [0, 0.1) is 0 Å². The van der Waals surface area contributed by atoms with Crippen LogP contribution in [0.5, 0.6) is 0 Å². The Hall–Kier alpha value is 0.490. The number of thiol groups is 1. The van der Waals surface area contributed by atoms with Crippen LogP contribution in [-0.4, -0.2) is 19.0 Å². The van der Waals surface area contributed by atoms with E-state index < -0.39 is 0 Å². The summed E-state index contributed by atoms with van der Waals surface area (Å²) in [4.78, 5) is 1.38. The third-order valence-electron chi connectivity index (χ3n) is 2.16. The summed E-state index contributed by atoms with van der Waals surface area (Å²) in [6.45, 7) is 1.65. The molecular weight excluding hydrogens is 256 g/mol. The van der Waals surface area contributed by atoms with Gasteiger partial charge in [0.25, 0.3) is 0 Å². The minimum atomic E-state index is 0.208. The second kappa shape index (κ2) is 3.33. The minimum absolute atomic E-state index is 0.208. The van der Waals surface area contributed by atoms with E-state index in [-0.39, 0.29) is 5.41 Å². The highest BCUT2D eigenvalue weighted by Gasteiger charge is 2.40. The van der Waals surface area contributed by atoms with Crippen molar-refractivity contribution in [3.63, 3.8) is 0 Å². The molecule has 0 radical (unpaired) electrons. The van der Waals surface area contributed by atoms with Crippen molar-refractivity contribution in [3.05, 3.63) is 20.8 Å². The fourth-order valence-corrected chi connectivity index (χ4v) is 3.26. The molecule has 1 aromatic rings. The first kappa shape index (κ1) is 9.06. The lowest BCUT2D eigenvalue weighted by molar-refractivity contribution is -0.0452. The average Bonchev–Trinajstić information content (AvgIpc) is 2.35. The first-order valence-electron chi connectivity index (χ1n) is 3.71. The maximum absolute atomic E-state index is 5.24. The van der Waals surface area contributed by atoms with Gasteiger partial charge in [-0.3, -0.25) is 0 Å². The molecule has 12 heavy (non-hydrogen) atoms. The van der Waals surface area contributed by atoms with E-state index in [9.17, 15) is 0 Å². The van der Waals surface area contributed by atoms with Crippen LogP contribution in [0.25, 0.3) is 0 Å². The van der Waals surface area contributed by atoms with Crippen LogP contribution in [0.15, 0.2) is 15.9 Å². The van der Waals surface area contributed by atoms with Crippen molar-refractivity contribution in [3.8, 4) is 0 Å². The van der Waals surface area contributed by atoms with E-state index in [1.165, 1.54) is 8.66 Å². The summed E-state index contributed by atoms with van der Waals surface area (Å²) < 4.78 is 6.42. The first-order valence-corrected chi connectivity index (χ1v) is 5.95. The van der Waals surface area contributed by atoms with Gasteiger partial charge in [-0.15, -0.1) is 11.3 Å². The summed E-state index contributed by atoms with van der Waals surface area (Å²) >= 11 is 9.61. The van der Waals surface area contributed by atoms with E-state index in [0.717, 1.165) is 19.0 Å². The van der Waals surface area contributed by atoms with E-state index in [2.05, 4.69) is 40.7 Å². The van der Waals surface area contributed by atoms with Crippen LogP contribution in [0.1, 0.15) is 4.88 Å². The van der Waals surface area contributed by atoms with E-state index in [4.69, 9.17) is 4.74 Å². The molecule has 1 saturated heterocycles. The Morgan fingerprint density at radius 2 is 2.33 bits per heavy atom. The molecule has 4 heteroatoms. The number of ether oxygens (including phenoxy) is 1. The maximum Gasteiger partial charge on any atom is 0.0701 e. The number of hydrogen-bond acceptors (Lipinski definition) is 3. The van der Waals surface area contributed by atoms with Crippen LogP contribution in [0.4, 0.5) is 0 Å². The second-order valence-electron chi connectivity index (χ2n) is 3.04. The third kappa shape index (κ3) is 1.35. The largest absolute Gasteiger partial charge is 0.379 e. The highest BCUT2D eigenvalue weighted by Crippen LogP contribution is 2.38. The summed E-state index contributed by atoms with van der Waals surface area (Å²) in [6, 6.07) is 4.25. The summed E-state index contributed by atoms with van der Waals surface area (Å²) in [6.07, 6.45) is 0. The normalized spacial score (nSPS) is 20.5. The van der Waals surface area contributed by atoms with Crippen molar-refractivity contribution in [1.82, 2.24) is 0 Å². The quantitative estimate of drug-likeness (QED) is 0.809. The van der Waals surface area contributed by atoms with Gasteiger partial charge in [0, 0.05) is 10.6 Å². The highest BCUT2D eigenvalue weighted by molar-refractivity contribution is 9.11. The van der Waals surface area contributed by atoms with Gasteiger partial charge in [0.15, 0.2) is 0 Å². The topological polar surface area (TPSA) is 9.23 Å². The first-order chi connectivity index (χ1) is 5.77. The van der Waals surface area contributed by atoms with Crippen molar-refractivity contribution in [2.45, 2.75) is 5.41 Å². The monoisotopic (exact) mass is 264 g/mol. The molecular formula is C8H9BrOS2. The molecule has 0 bridgehead atoms. The molecule has 2 heterocycles. The Morgan fingerprint density at radius 1 is 1.58 bits per heavy atom. The predicted molar refractivity (Wildman–Crippen MR) is 58.4 cm³/mol. The molecule has 0 aliphatic carbocycles. The molecule has 0 atom stereocenters. The molecule has 0 N–H and O–H groups in total. The molecule has 2 rings (SSSR count). The second-order valence-corrected chi connectivity index (χ2v) is 5.81. The zero-order valence-electron chi connectivity index (χ0n) is 6.42. The Balaban J connectivity index is 2.27. The van der Waals surface area contributed by atoms with Gasteiger partial charge < -0.3 is 4.74 Å². The summed E-state index contributed by atoms with van der Waals surface area (Å²) in [7, 11) is 0. The number of thiophene rings is 1. The van der Waals surface area contributed by atoms with Gasteiger partial charge in [0.1, 0.15) is 0 Å². The van der Waals surface area contributed by atoms with Gasteiger partial charge in [-0.1, -0.05) is 0 Å². The lowest BCUT2D eigenvalue weighted by atomic mass is 9.87. The molecule has 1 fully saturated rings. The molecule has 1 aliphatic heterocycles. The SMILES string of the molecule is SCC1(c2ccc(Br)s2)COC1. The smallest absolute Gasteiger partial charge is 0.0701 e. The van der Waals surface area contributed by atoms with E-state index >= 15 is 0 Å². The zero-order chi connectivity index (χ0) is 8.60. The molecule has 1 aliphatic rings. The van der Waals surface area contributed by atoms with Gasteiger partial charge in [-0.25, -0.2) is 0 Å². The molecule has 0 amide bonds. The van der Waals surface area contributed by atoms with Crippen molar-refractivity contribution < 1.29 is 4.74 Å². The standard InChI is InChI=1S/C8H9BrOS2/c9-7-2-1-6(12-7)8(5-11)3-10-4-8/h1-2,11H,3-5H2. The average molecular weight is 265 g/mol. The van der Waals surface area contributed by atoms with Crippen LogP contribution < -0.4 is 0 Å². The minimum Gasteiger partial charge on any atom is -0.379 e. The lowest BCUT2D eigenvalue weighted by Gasteiger charge is -2.39. The lowest BCUT2D eigenvalue weighted by Crippen LogP contribution is -2.47. The molecule has 0 aromatic carbocycles. The fourth-order valence-electron chi connectivity index (χ4n) is 1.26. The zero-order valence-corrected chi connectivity index (χ0v) is 9.71. The van der Waals surface area contributed by atoms with Crippen molar-refractivity contribution in [2.24, 2.45) is 0 Å². The van der Waals surface area contributed by atoms with Gasteiger partial charge in [0.2, 0.25) is 0 Å². The Morgan fingerprint density at radius 3 is 2.67 bits per heavy atom. The molecule has 1 nitrogen and oxygen atoms in total. The van der Waals surface area contributed by atoms with Crippen LogP contribution in [-0.2, 0) is 10.2 Å². The summed E-state index contributed by atoms with van der Waals surface area (Å²) in [5.74, 6) is 0.875. The molecule has 1 aromatic heterocycles. The third-order valence-corrected chi connectivity index (χ3v) is 4.63. The van der Waals surface area contributed by atoms with Gasteiger partial charge in [0.05, 0.1) is 22.4 Å². The van der Waals surface area contributed by atoms with E-state index in [1.54, 1.807) is 11.3 Å². The van der Waals surface area contributed by atoms with Gasteiger partial charge in [-0.05, 0) is 28.1 Å². The van der Waals surface area contributed by atoms with Crippen molar-refractivity contribution in [1.29, 1.82) is 0 Å². The van der Waals surface area contributed by atoms with E-state index in [0.29, 0.717) is 0 Å². The number of hydrogen-bond donors (Lipinski definition) is 1. The van der Waals surface area contributed by atoms with Gasteiger partial charge in [-0.2, -0.15) is 12.6 Å². The van der Waals surface area contributed by atoms with E-state index in [1.807, 2.05) is 0 Å². The van der Waals surface area contributed by atoms with Crippen LogP contribution in [0.3, 0.4) is 0 Å². The van der Waals surface area contributed by atoms with Crippen LogP contribution in [0.2, 0.25) is 0 Å². The Kier molecular flexibility index (Phi) is 2.51. The fraction of sp³-hybridized carbons (Fsp3) is 0.500. The highest BCUT2D eigenvalue weighted by atomic mass is 79.9. The van der Waals surface area contributed by atoms with Gasteiger partial charge >= 0.3 is 0 Å². The Labute approximate surface area is 89.7 Å². The summed E-state index contributed by atoms with van der Waals surface area (Å²) in [5.41, 5.74) is 0.208. The van der Waals surface area contributed by atoms with Crippen molar-refractivity contribution >= 4 is 39.9 Å². The van der Waals surface area contributed by atoms with Crippen LogP contribution >= 0.6 is 39.9 Å². The molecule has 0 saturated carbocycles. The molecule has 0 spiro atoms. The molecule has 66 valence electrons. The molecule has 0 unspecified atom stereocenters. The van der Waals surface area contributed by atoms with Crippen molar-refractivity contribution in [2.75, 3.05) is 19.0 Å². The maximum atomic E-state index is 5.24. The number of rotatable bonds is 2. The predicted octanol–water partition coefficient (Wildman–Crippen LogP) is 2.71.